The summed E-state index contributed by atoms with van der Waals surface area (Å²) in [4.78, 5) is 11.8. The van der Waals surface area contributed by atoms with Crippen molar-refractivity contribution in [3.8, 4) is 5.75 Å². The molecule has 0 bridgehead atoms. The molecule has 0 radical (unpaired) electrons. The maximum atomic E-state index is 11.8. The second-order valence-electron chi connectivity index (χ2n) is 5.52. The molecule has 1 aliphatic heterocycles. The van der Waals surface area contributed by atoms with Gasteiger partial charge in [0.15, 0.2) is 0 Å². The molecule has 1 heterocycles. The van der Waals surface area contributed by atoms with Crippen LogP contribution in [0.5, 0.6) is 5.75 Å². The highest BCUT2D eigenvalue weighted by Crippen LogP contribution is 2.16. The van der Waals surface area contributed by atoms with Gasteiger partial charge in [-0.2, -0.15) is 0 Å². The van der Waals surface area contributed by atoms with Gasteiger partial charge in [-0.05, 0) is 50.1 Å². The van der Waals surface area contributed by atoms with E-state index in [4.69, 9.17) is 4.74 Å². The van der Waals surface area contributed by atoms with Crippen molar-refractivity contribution in [3.63, 3.8) is 0 Å². The number of nitrogens with one attached hydrogen (secondary N) is 2. The number of rotatable bonds is 6. The summed E-state index contributed by atoms with van der Waals surface area (Å²) in [6.07, 6.45) is 3.55. The van der Waals surface area contributed by atoms with Gasteiger partial charge in [-0.15, -0.1) is 0 Å². The van der Waals surface area contributed by atoms with E-state index < -0.39 is 0 Å². The van der Waals surface area contributed by atoms with Crippen LogP contribution in [0.4, 0.5) is 0 Å². The van der Waals surface area contributed by atoms with Crippen molar-refractivity contribution in [2.24, 2.45) is 0 Å². The van der Waals surface area contributed by atoms with Crippen molar-refractivity contribution >= 4 is 5.91 Å². The Hall–Kier alpha value is -1.81. The minimum atomic E-state index is 0.0406. The molecule has 0 aromatic heterocycles. The quantitative estimate of drug-likeness (QED) is 0.788. The zero-order valence-electron chi connectivity index (χ0n) is 12.9. The van der Waals surface area contributed by atoms with Crippen LogP contribution >= 0.6 is 0 Å². The normalized spacial score (nSPS) is 14.5. The Morgan fingerprint density at radius 1 is 1.29 bits per heavy atom. The molecule has 1 aliphatic rings. The van der Waals surface area contributed by atoms with Gasteiger partial charge in [0.25, 0.3) is 0 Å². The number of amides is 1. The van der Waals surface area contributed by atoms with Crippen LogP contribution in [0.15, 0.2) is 29.8 Å². The van der Waals surface area contributed by atoms with Gasteiger partial charge in [0, 0.05) is 13.1 Å². The lowest BCUT2D eigenvalue weighted by Crippen LogP contribution is -2.30. The third-order valence-corrected chi connectivity index (χ3v) is 3.46. The molecular weight excluding hydrogens is 264 g/mol. The van der Waals surface area contributed by atoms with E-state index in [0.717, 1.165) is 25.3 Å². The highest BCUT2D eigenvalue weighted by molar-refractivity contribution is 5.76. The van der Waals surface area contributed by atoms with Crippen molar-refractivity contribution in [2.75, 3.05) is 26.2 Å². The molecule has 0 spiro atoms. The lowest BCUT2D eigenvalue weighted by atomic mass is 10.1. The number of benzene rings is 1. The SMILES string of the molecule is Cc1cc(C)cc(OCCC(=O)NCC2=CCNCC2)c1. The fraction of sp³-hybridized carbons (Fsp3) is 0.471. The van der Waals surface area contributed by atoms with Gasteiger partial charge in [0.05, 0.1) is 13.0 Å². The van der Waals surface area contributed by atoms with Crippen LogP contribution < -0.4 is 15.4 Å². The van der Waals surface area contributed by atoms with Crippen LogP contribution in [0.2, 0.25) is 0 Å². The predicted octanol–water partition coefficient (Wildman–Crippen LogP) is 2.11. The molecule has 1 aromatic rings. The number of carbonyl (C=O) groups excluding carboxylic acids is 1. The van der Waals surface area contributed by atoms with Crippen LogP contribution in [0, 0.1) is 13.8 Å². The Bertz CT molecular complexity index is 503. The lowest BCUT2D eigenvalue weighted by Gasteiger charge is -2.14. The fourth-order valence-electron chi connectivity index (χ4n) is 2.41. The van der Waals surface area contributed by atoms with Crippen LogP contribution in [-0.2, 0) is 4.79 Å². The zero-order valence-corrected chi connectivity index (χ0v) is 12.9. The largest absolute Gasteiger partial charge is 0.493 e. The predicted molar refractivity (Wildman–Crippen MR) is 84.6 cm³/mol. The third-order valence-electron chi connectivity index (χ3n) is 3.46. The number of aryl methyl sites for hydroxylation is 2. The molecule has 0 saturated heterocycles. The molecule has 0 atom stereocenters. The van der Waals surface area contributed by atoms with E-state index in [1.807, 2.05) is 26.0 Å². The highest BCUT2D eigenvalue weighted by Gasteiger charge is 2.06. The molecule has 1 aromatic carbocycles. The summed E-state index contributed by atoms with van der Waals surface area (Å²) in [5, 5.41) is 6.20. The van der Waals surface area contributed by atoms with Gasteiger partial charge >= 0.3 is 0 Å². The second-order valence-corrected chi connectivity index (χ2v) is 5.52. The Labute approximate surface area is 126 Å². The molecule has 0 unspecified atom stereocenters. The summed E-state index contributed by atoms with van der Waals surface area (Å²) in [5.41, 5.74) is 3.65. The first kappa shape index (κ1) is 15.6. The molecule has 114 valence electrons. The Kier molecular flexibility index (Phi) is 5.81. The molecule has 4 heteroatoms. The van der Waals surface area contributed by atoms with E-state index in [-0.39, 0.29) is 5.91 Å². The average Bonchev–Trinajstić information content (AvgIpc) is 2.45. The van der Waals surface area contributed by atoms with Gasteiger partial charge in [-0.25, -0.2) is 0 Å². The van der Waals surface area contributed by atoms with Gasteiger partial charge < -0.3 is 15.4 Å². The summed E-state index contributed by atoms with van der Waals surface area (Å²) < 4.78 is 5.64. The summed E-state index contributed by atoms with van der Waals surface area (Å²) in [5.74, 6) is 0.875. The van der Waals surface area contributed by atoms with E-state index >= 15 is 0 Å². The summed E-state index contributed by atoms with van der Waals surface area (Å²) in [7, 11) is 0. The molecule has 2 N–H and O–H groups in total. The van der Waals surface area contributed by atoms with E-state index in [9.17, 15) is 4.79 Å². The minimum Gasteiger partial charge on any atom is -0.493 e. The van der Waals surface area contributed by atoms with E-state index in [2.05, 4.69) is 22.8 Å². The monoisotopic (exact) mass is 288 g/mol. The Balaban J connectivity index is 1.68. The molecule has 0 aliphatic carbocycles. The summed E-state index contributed by atoms with van der Waals surface area (Å²) >= 11 is 0. The zero-order chi connectivity index (χ0) is 15.1. The van der Waals surface area contributed by atoms with E-state index in [1.165, 1.54) is 16.7 Å². The van der Waals surface area contributed by atoms with Gasteiger partial charge in [0.2, 0.25) is 5.91 Å². The van der Waals surface area contributed by atoms with Crippen molar-refractivity contribution in [1.82, 2.24) is 10.6 Å². The molecule has 2 rings (SSSR count). The molecule has 4 nitrogen and oxygen atoms in total. The first-order chi connectivity index (χ1) is 10.1. The Morgan fingerprint density at radius 2 is 2.05 bits per heavy atom. The maximum Gasteiger partial charge on any atom is 0.223 e. The van der Waals surface area contributed by atoms with Crippen molar-refractivity contribution in [2.45, 2.75) is 26.7 Å². The summed E-state index contributed by atoms with van der Waals surface area (Å²) in [6.45, 7) is 7.05. The van der Waals surface area contributed by atoms with Crippen molar-refractivity contribution in [3.05, 3.63) is 41.0 Å². The minimum absolute atomic E-state index is 0.0406. The smallest absolute Gasteiger partial charge is 0.223 e. The van der Waals surface area contributed by atoms with Crippen LogP contribution in [0.1, 0.15) is 24.0 Å². The molecule has 0 fully saturated rings. The lowest BCUT2D eigenvalue weighted by molar-refractivity contribution is -0.121. The molecule has 0 saturated carbocycles. The van der Waals surface area contributed by atoms with Gasteiger partial charge in [0.1, 0.15) is 5.75 Å². The fourth-order valence-corrected chi connectivity index (χ4v) is 2.41. The number of hydrogen-bond donors (Lipinski definition) is 2. The first-order valence-electron chi connectivity index (χ1n) is 7.50. The molecule has 21 heavy (non-hydrogen) atoms. The van der Waals surface area contributed by atoms with Crippen LogP contribution in [0.25, 0.3) is 0 Å². The summed E-state index contributed by atoms with van der Waals surface area (Å²) in [6, 6.07) is 6.09. The highest BCUT2D eigenvalue weighted by atomic mass is 16.5. The number of ether oxygens (including phenoxy) is 1. The maximum absolute atomic E-state index is 11.8. The van der Waals surface area contributed by atoms with E-state index in [1.54, 1.807) is 0 Å². The topological polar surface area (TPSA) is 50.4 Å². The molecular formula is C17H24N2O2. The average molecular weight is 288 g/mol. The van der Waals surface area contributed by atoms with Crippen molar-refractivity contribution < 1.29 is 9.53 Å². The van der Waals surface area contributed by atoms with E-state index in [0.29, 0.717) is 19.6 Å². The van der Waals surface area contributed by atoms with Gasteiger partial charge in [-0.1, -0.05) is 17.7 Å². The first-order valence-corrected chi connectivity index (χ1v) is 7.50. The third kappa shape index (κ3) is 5.60. The van der Waals surface area contributed by atoms with Crippen LogP contribution in [-0.4, -0.2) is 32.1 Å². The Morgan fingerprint density at radius 3 is 2.71 bits per heavy atom. The molecule has 1 amide bonds. The standard InChI is InChI=1S/C17H24N2O2/c1-13-9-14(2)11-16(10-13)21-8-5-17(20)19-12-15-3-6-18-7-4-15/h3,9-11,18H,4-8,12H2,1-2H3,(H,19,20). The van der Waals surface area contributed by atoms with Crippen molar-refractivity contribution in [1.29, 1.82) is 0 Å². The second kappa shape index (κ2) is 7.84. The van der Waals surface area contributed by atoms with Crippen LogP contribution in [0.3, 0.4) is 0 Å². The van der Waals surface area contributed by atoms with Gasteiger partial charge in [-0.3, -0.25) is 4.79 Å². The number of hydrogen-bond acceptors (Lipinski definition) is 3. The number of carbonyl (C=O) groups is 1.